The number of rotatable bonds is 2. The van der Waals surface area contributed by atoms with E-state index in [0.717, 1.165) is 17.9 Å². The van der Waals surface area contributed by atoms with E-state index in [1.807, 2.05) is 24.6 Å². The Balaban J connectivity index is 3.02. The molecule has 0 aromatic carbocycles. The van der Waals surface area contributed by atoms with Crippen LogP contribution in [0.2, 0.25) is 0 Å². The van der Waals surface area contributed by atoms with Crippen molar-refractivity contribution in [3.8, 4) is 0 Å². The molecule has 0 aliphatic carbocycles. The highest BCUT2D eigenvalue weighted by Gasteiger charge is 2.06. The van der Waals surface area contributed by atoms with Gasteiger partial charge in [0, 0.05) is 12.6 Å². The van der Waals surface area contributed by atoms with E-state index in [-0.39, 0.29) is 6.04 Å². The zero-order chi connectivity index (χ0) is 8.43. The molecule has 0 saturated heterocycles. The average Bonchev–Trinajstić information content (AvgIpc) is 2.30. The van der Waals surface area contributed by atoms with Gasteiger partial charge in [0.2, 0.25) is 0 Å². The quantitative estimate of drug-likeness (QED) is 0.694. The van der Waals surface area contributed by atoms with Crippen LogP contribution in [0.15, 0.2) is 6.07 Å². The summed E-state index contributed by atoms with van der Waals surface area (Å²) in [6.45, 7) is 6.92. The van der Waals surface area contributed by atoms with Gasteiger partial charge in [-0.1, -0.05) is 0 Å². The SMILES string of the molecule is CCn1nc(C)cc1[C@H](C)N. The molecule has 0 unspecified atom stereocenters. The molecule has 3 heteroatoms. The van der Waals surface area contributed by atoms with Crippen molar-refractivity contribution in [3.63, 3.8) is 0 Å². The molecule has 1 atom stereocenters. The van der Waals surface area contributed by atoms with Gasteiger partial charge < -0.3 is 5.73 Å². The van der Waals surface area contributed by atoms with Crippen molar-refractivity contribution in [1.29, 1.82) is 0 Å². The fourth-order valence-electron chi connectivity index (χ4n) is 1.19. The van der Waals surface area contributed by atoms with Crippen LogP contribution in [0.5, 0.6) is 0 Å². The van der Waals surface area contributed by atoms with E-state index in [1.165, 1.54) is 0 Å². The normalized spacial score (nSPS) is 13.5. The molecule has 1 aromatic heterocycles. The van der Waals surface area contributed by atoms with E-state index in [1.54, 1.807) is 0 Å². The molecule has 0 radical (unpaired) electrons. The summed E-state index contributed by atoms with van der Waals surface area (Å²) in [7, 11) is 0. The predicted octanol–water partition coefficient (Wildman–Crippen LogP) is 1.23. The van der Waals surface area contributed by atoms with Crippen molar-refractivity contribution in [3.05, 3.63) is 17.5 Å². The predicted molar refractivity (Wildman–Crippen MR) is 45.2 cm³/mol. The number of nitrogens with zero attached hydrogens (tertiary/aromatic N) is 2. The van der Waals surface area contributed by atoms with Crippen LogP contribution < -0.4 is 5.73 Å². The lowest BCUT2D eigenvalue weighted by atomic mass is 10.2. The first-order valence-electron chi connectivity index (χ1n) is 3.95. The van der Waals surface area contributed by atoms with Crippen LogP contribution >= 0.6 is 0 Å². The van der Waals surface area contributed by atoms with Gasteiger partial charge in [-0.25, -0.2) is 0 Å². The number of aromatic nitrogens is 2. The van der Waals surface area contributed by atoms with Crippen LogP contribution in [-0.4, -0.2) is 9.78 Å². The first-order chi connectivity index (χ1) is 5.15. The Morgan fingerprint density at radius 1 is 1.73 bits per heavy atom. The second-order valence-electron chi connectivity index (χ2n) is 2.82. The zero-order valence-corrected chi connectivity index (χ0v) is 7.33. The van der Waals surface area contributed by atoms with Gasteiger partial charge in [0.1, 0.15) is 0 Å². The molecule has 0 bridgehead atoms. The number of nitrogens with two attached hydrogens (primary N) is 1. The molecule has 0 spiro atoms. The highest BCUT2D eigenvalue weighted by molar-refractivity contribution is 5.11. The Morgan fingerprint density at radius 2 is 2.36 bits per heavy atom. The third-order valence-electron chi connectivity index (χ3n) is 1.70. The van der Waals surface area contributed by atoms with Gasteiger partial charge in [0.15, 0.2) is 0 Å². The van der Waals surface area contributed by atoms with Crippen LogP contribution in [0, 0.1) is 6.92 Å². The maximum Gasteiger partial charge on any atom is 0.0597 e. The second kappa shape index (κ2) is 3.05. The molecule has 0 fully saturated rings. The molecule has 0 saturated carbocycles. The third-order valence-corrected chi connectivity index (χ3v) is 1.70. The van der Waals surface area contributed by atoms with Crippen molar-refractivity contribution < 1.29 is 0 Å². The molecule has 1 rings (SSSR count). The van der Waals surface area contributed by atoms with Gasteiger partial charge in [-0.2, -0.15) is 5.10 Å². The topological polar surface area (TPSA) is 43.8 Å². The Morgan fingerprint density at radius 3 is 2.73 bits per heavy atom. The molecule has 0 aliphatic rings. The van der Waals surface area contributed by atoms with Crippen LogP contribution in [0.3, 0.4) is 0 Å². The van der Waals surface area contributed by atoms with E-state index in [0.29, 0.717) is 0 Å². The molecule has 2 N–H and O–H groups in total. The molecular weight excluding hydrogens is 138 g/mol. The third kappa shape index (κ3) is 1.60. The van der Waals surface area contributed by atoms with Crippen LogP contribution in [0.25, 0.3) is 0 Å². The minimum absolute atomic E-state index is 0.0798. The smallest absolute Gasteiger partial charge is 0.0597 e. The standard InChI is InChI=1S/C8H15N3/c1-4-11-8(7(3)9)5-6(2)10-11/h5,7H,4,9H2,1-3H3/t7-/m0/s1. The highest BCUT2D eigenvalue weighted by atomic mass is 15.3. The van der Waals surface area contributed by atoms with Gasteiger partial charge >= 0.3 is 0 Å². The average molecular weight is 153 g/mol. The molecule has 11 heavy (non-hydrogen) atoms. The summed E-state index contributed by atoms with van der Waals surface area (Å²) < 4.78 is 1.94. The van der Waals surface area contributed by atoms with Crippen molar-refractivity contribution in [2.75, 3.05) is 0 Å². The van der Waals surface area contributed by atoms with Crippen molar-refractivity contribution in [2.45, 2.75) is 33.4 Å². The van der Waals surface area contributed by atoms with Gasteiger partial charge in [-0.3, -0.25) is 4.68 Å². The minimum Gasteiger partial charge on any atom is -0.323 e. The number of hydrogen-bond acceptors (Lipinski definition) is 2. The number of aryl methyl sites for hydroxylation is 2. The minimum atomic E-state index is 0.0798. The Bertz CT molecular complexity index is 237. The highest BCUT2D eigenvalue weighted by Crippen LogP contribution is 2.10. The Hall–Kier alpha value is -0.830. The van der Waals surface area contributed by atoms with Gasteiger partial charge in [0.25, 0.3) is 0 Å². The molecule has 1 heterocycles. The summed E-state index contributed by atoms with van der Waals surface area (Å²) in [5, 5.41) is 4.29. The lowest BCUT2D eigenvalue weighted by Crippen LogP contribution is -2.12. The van der Waals surface area contributed by atoms with Crippen molar-refractivity contribution >= 4 is 0 Å². The second-order valence-corrected chi connectivity index (χ2v) is 2.82. The summed E-state index contributed by atoms with van der Waals surface area (Å²) in [6, 6.07) is 2.12. The van der Waals surface area contributed by atoms with E-state index in [2.05, 4.69) is 12.0 Å². The number of hydrogen-bond donors (Lipinski definition) is 1. The maximum absolute atomic E-state index is 5.74. The van der Waals surface area contributed by atoms with Crippen LogP contribution in [0.1, 0.15) is 31.3 Å². The van der Waals surface area contributed by atoms with Gasteiger partial charge in [0.05, 0.1) is 11.4 Å². The monoisotopic (exact) mass is 153 g/mol. The molecule has 62 valence electrons. The largest absolute Gasteiger partial charge is 0.323 e. The maximum atomic E-state index is 5.74. The fraction of sp³-hybridized carbons (Fsp3) is 0.625. The molecule has 3 nitrogen and oxygen atoms in total. The Kier molecular flexibility index (Phi) is 2.29. The van der Waals surface area contributed by atoms with Gasteiger partial charge in [-0.15, -0.1) is 0 Å². The first kappa shape index (κ1) is 8.27. The van der Waals surface area contributed by atoms with E-state index in [4.69, 9.17) is 5.73 Å². The lowest BCUT2D eigenvalue weighted by Gasteiger charge is -2.06. The summed E-state index contributed by atoms with van der Waals surface area (Å²) in [4.78, 5) is 0. The summed E-state index contributed by atoms with van der Waals surface area (Å²) >= 11 is 0. The molecular formula is C8H15N3. The zero-order valence-electron chi connectivity index (χ0n) is 7.33. The fourth-order valence-corrected chi connectivity index (χ4v) is 1.19. The van der Waals surface area contributed by atoms with Crippen LogP contribution in [-0.2, 0) is 6.54 Å². The van der Waals surface area contributed by atoms with E-state index >= 15 is 0 Å². The van der Waals surface area contributed by atoms with E-state index < -0.39 is 0 Å². The summed E-state index contributed by atoms with van der Waals surface area (Å²) in [5.41, 5.74) is 7.90. The summed E-state index contributed by atoms with van der Waals surface area (Å²) in [6.07, 6.45) is 0. The molecule has 0 amide bonds. The van der Waals surface area contributed by atoms with Crippen molar-refractivity contribution in [1.82, 2.24) is 9.78 Å². The Labute approximate surface area is 67.2 Å². The summed E-state index contributed by atoms with van der Waals surface area (Å²) in [5.74, 6) is 0. The van der Waals surface area contributed by atoms with E-state index in [9.17, 15) is 0 Å². The first-order valence-corrected chi connectivity index (χ1v) is 3.95. The van der Waals surface area contributed by atoms with Gasteiger partial charge in [-0.05, 0) is 26.8 Å². The molecule has 1 aromatic rings. The lowest BCUT2D eigenvalue weighted by molar-refractivity contribution is 0.587. The van der Waals surface area contributed by atoms with Crippen molar-refractivity contribution in [2.24, 2.45) is 5.73 Å². The molecule has 0 aliphatic heterocycles. The van der Waals surface area contributed by atoms with Crippen LogP contribution in [0.4, 0.5) is 0 Å².